The predicted octanol–water partition coefficient (Wildman–Crippen LogP) is 4.38. The molecule has 0 aromatic heterocycles. The summed E-state index contributed by atoms with van der Waals surface area (Å²) in [6.07, 6.45) is 0. The Morgan fingerprint density at radius 1 is 1.15 bits per heavy atom. The van der Waals surface area contributed by atoms with E-state index in [1.54, 1.807) is 12.1 Å². The number of carboxylic acid groups (broad SMARTS) is 1. The van der Waals surface area contributed by atoms with Gasteiger partial charge in [0.15, 0.2) is 0 Å². The molecule has 3 nitrogen and oxygen atoms in total. The molecule has 0 radical (unpaired) electrons. The normalized spacial score (nSPS) is 10.3. The fourth-order valence-corrected chi connectivity index (χ4v) is 2.39. The van der Waals surface area contributed by atoms with E-state index in [-0.39, 0.29) is 5.56 Å². The van der Waals surface area contributed by atoms with E-state index in [0.717, 1.165) is 15.7 Å². The molecule has 0 fully saturated rings. The maximum atomic E-state index is 10.9. The second kappa shape index (κ2) is 6.09. The number of benzene rings is 2. The summed E-state index contributed by atoms with van der Waals surface area (Å²) in [6.45, 7) is 4.81. The van der Waals surface area contributed by atoms with Crippen molar-refractivity contribution in [3.8, 4) is 0 Å². The summed E-state index contributed by atoms with van der Waals surface area (Å²) in [5.41, 5.74) is 4.88. The van der Waals surface area contributed by atoms with Gasteiger partial charge < -0.3 is 10.4 Å². The van der Waals surface area contributed by atoms with Gasteiger partial charge in [0, 0.05) is 16.7 Å². The van der Waals surface area contributed by atoms with E-state index in [1.807, 2.05) is 12.1 Å². The second-order valence-corrected chi connectivity index (χ2v) is 5.62. The van der Waals surface area contributed by atoms with Gasteiger partial charge >= 0.3 is 5.97 Å². The molecule has 0 unspecified atom stereocenters. The SMILES string of the molecule is Cc1ccc(NCc2ccc(C(=O)O)cc2Br)cc1C. The third-order valence-electron chi connectivity index (χ3n) is 3.29. The maximum Gasteiger partial charge on any atom is 0.335 e. The molecule has 0 saturated heterocycles. The lowest BCUT2D eigenvalue weighted by molar-refractivity contribution is 0.0697. The summed E-state index contributed by atoms with van der Waals surface area (Å²) in [5.74, 6) is -0.917. The Kier molecular flexibility index (Phi) is 4.45. The molecule has 0 aliphatic heterocycles. The van der Waals surface area contributed by atoms with E-state index in [4.69, 9.17) is 5.11 Å². The lowest BCUT2D eigenvalue weighted by atomic mass is 10.1. The molecule has 2 aromatic carbocycles. The molecule has 0 bridgehead atoms. The summed E-state index contributed by atoms with van der Waals surface area (Å²) >= 11 is 3.41. The van der Waals surface area contributed by atoms with Gasteiger partial charge in [-0.1, -0.05) is 28.1 Å². The Labute approximate surface area is 126 Å². The minimum absolute atomic E-state index is 0.284. The minimum atomic E-state index is -0.917. The molecule has 0 saturated carbocycles. The molecule has 0 amide bonds. The van der Waals surface area contributed by atoms with Gasteiger partial charge in [-0.3, -0.25) is 0 Å². The van der Waals surface area contributed by atoms with Crippen LogP contribution in [0, 0.1) is 13.8 Å². The van der Waals surface area contributed by atoms with Crippen LogP contribution in [-0.2, 0) is 6.54 Å². The topological polar surface area (TPSA) is 49.3 Å². The van der Waals surface area contributed by atoms with Crippen molar-refractivity contribution in [2.24, 2.45) is 0 Å². The van der Waals surface area contributed by atoms with Crippen molar-refractivity contribution in [1.29, 1.82) is 0 Å². The zero-order valence-electron chi connectivity index (χ0n) is 11.4. The number of anilines is 1. The average molecular weight is 334 g/mol. The molecule has 104 valence electrons. The van der Waals surface area contributed by atoms with Gasteiger partial charge in [0.05, 0.1) is 5.56 Å². The Morgan fingerprint density at radius 2 is 1.90 bits per heavy atom. The van der Waals surface area contributed by atoms with E-state index in [9.17, 15) is 4.79 Å². The van der Waals surface area contributed by atoms with Crippen LogP contribution in [0.1, 0.15) is 27.0 Å². The van der Waals surface area contributed by atoms with Gasteiger partial charge in [0.1, 0.15) is 0 Å². The van der Waals surface area contributed by atoms with Crippen LogP contribution in [0.4, 0.5) is 5.69 Å². The maximum absolute atomic E-state index is 10.9. The van der Waals surface area contributed by atoms with Crippen LogP contribution in [0.15, 0.2) is 40.9 Å². The lowest BCUT2D eigenvalue weighted by Crippen LogP contribution is -2.03. The number of halogens is 1. The molecule has 0 heterocycles. The Bertz CT molecular complexity index is 653. The van der Waals surface area contributed by atoms with Gasteiger partial charge in [0.2, 0.25) is 0 Å². The van der Waals surface area contributed by atoms with E-state index in [0.29, 0.717) is 6.54 Å². The first-order chi connectivity index (χ1) is 9.47. The van der Waals surface area contributed by atoms with Crippen molar-refractivity contribution < 1.29 is 9.90 Å². The predicted molar refractivity (Wildman–Crippen MR) is 84.3 cm³/mol. The zero-order chi connectivity index (χ0) is 14.7. The van der Waals surface area contributed by atoms with Crippen molar-refractivity contribution >= 4 is 27.6 Å². The van der Waals surface area contributed by atoms with Crippen LogP contribution in [0.3, 0.4) is 0 Å². The molecule has 2 aromatic rings. The van der Waals surface area contributed by atoms with E-state index in [1.165, 1.54) is 11.1 Å². The van der Waals surface area contributed by atoms with E-state index in [2.05, 4.69) is 47.2 Å². The third kappa shape index (κ3) is 3.39. The molecule has 2 rings (SSSR count). The standard InChI is InChI=1S/C16H16BrNO2/c1-10-3-6-14(7-11(10)2)18-9-13-5-4-12(16(19)20)8-15(13)17/h3-8,18H,9H2,1-2H3,(H,19,20). The van der Waals surface area contributed by atoms with Crippen molar-refractivity contribution in [3.05, 3.63) is 63.1 Å². The molecule has 20 heavy (non-hydrogen) atoms. The number of hydrogen-bond donors (Lipinski definition) is 2. The van der Waals surface area contributed by atoms with E-state index < -0.39 is 5.97 Å². The Balaban J connectivity index is 2.10. The highest BCUT2D eigenvalue weighted by Crippen LogP contribution is 2.21. The minimum Gasteiger partial charge on any atom is -0.478 e. The number of hydrogen-bond acceptors (Lipinski definition) is 2. The molecule has 0 spiro atoms. The Morgan fingerprint density at radius 3 is 2.50 bits per heavy atom. The second-order valence-electron chi connectivity index (χ2n) is 4.76. The number of nitrogens with one attached hydrogen (secondary N) is 1. The molecule has 0 aliphatic rings. The largest absolute Gasteiger partial charge is 0.478 e. The summed E-state index contributed by atoms with van der Waals surface area (Å²) < 4.78 is 0.800. The van der Waals surface area contributed by atoms with Crippen LogP contribution in [0.25, 0.3) is 0 Å². The first-order valence-corrected chi connectivity index (χ1v) is 7.09. The van der Waals surface area contributed by atoms with Gasteiger partial charge in [-0.2, -0.15) is 0 Å². The van der Waals surface area contributed by atoms with Crippen molar-refractivity contribution in [2.75, 3.05) is 5.32 Å². The van der Waals surface area contributed by atoms with Crippen LogP contribution in [0.5, 0.6) is 0 Å². The van der Waals surface area contributed by atoms with Gasteiger partial charge in [-0.15, -0.1) is 0 Å². The summed E-state index contributed by atoms with van der Waals surface area (Å²) in [6, 6.07) is 11.3. The van der Waals surface area contributed by atoms with Crippen molar-refractivity contribution in [2.45, 2.75) is 20.4 Å². The average Bonchev–Trinajstić information content (AvgIpc) is 2.41. The van der Waals surface area contributed by atoms with Gasteiger partial charge in [-0.25, -0.2) is 4.79 Å². The van der Waals surface area contributed by atoms with Crippen LogP contribution in [0.2, 0.25) is 0 Å². The number of aromatic carboxylic acids is 1. The van der Waals surface area contributed by atoms with E-state index >= 15 is 0 Å². The smallest absolute Gasteiger partial charge is 0.335 e. The number of rotatable bonds is 4. The third-order valence-corrected chi connectivity index (χ3v) is 4.03. The van der Waals surface area contributed by atoms with Crippen molar-refractivity contribution in [1.82, 2.24) is 0 Å². The van der Waals surface area contributed by atoms with Gasteiger partial charge in [-0.05, 0) is 54.8 Å². The fraction of sp³-hybridized carbons (Fsp3) is 0.188. The molecule has 4 heteroatoms. The number of aryl methyl sites for hydroxylation is 2. The first-order valence-electron chi connectivity index (χ1n) is 6.30. The zero-order valence-corrected chi connectivity index (χ0v) is 13.0. The highest BCUT2D eigenvalue weighted by Gasteiger charge is 2.06. The van der Waals surface area contributed by atoms with Crippen LogP contribution in [-0.4, -0.2) is 11.1 Å². The first kappa shape index (κ1) is 14.6. The molecule has 0 atom stereocenters. The highest BCUT2D eigenvalue weighted by atomic mass is 79.9. The van der Waals surface area contributed by atoms with Crippen LogP contribution >= 0.6 is 15.9 Å². The molecule has 0 aliphatic carbocycles. The summed E-state index contributed by atoms with van der Waals surface area (Å²) in [4.78, 5) is 10.9. The Hall–Kier alpha value is -1.81. The molecular formula is C16H16BrNO2. The molecule has 2 N–H and O–H groups in total. The summed E-state index contributed by atoms with van der Waals surface area (Å²) in [5, 5.41) is 12.3. The quantitative estimate of drug-likeness (QED) is 0.873. The monoisotopic (exact) mass is 333 g/mol. The van der Waals surface area contributed by atoms with Crippen molar-refractivity contribution in [3.63, 3.8) is 0 Å². The number of carbonyl (C=O) groups is 1. The van der Waals surface area contributed by atoms with Gasteiger partial charge in [0.25, 0.3) is 0 Å². The number of carboxylic acids is 1. The highest BCUT2D eigenvalue weighted by molar-refractivity contribution is 9.10. The van der Waals surface area contributed by atoms with Crippen LogP contribution < -0.4 is 5.32 Å². The fourth-order valence-electron chi connectivity index (χ4n) is 1.87. The molecular weight excluding hydrogens is 318 g/mol. The lowest BCUT2D eigenvalue weighted by Gasteiger charge is -2.10. The summed E-state index contributed by atoms with van der Waals surface area (Å²) in [7, 11) is 0.